The van der Waals surface area contributed by atoms with E-state index in [1.807, 2.05) is 48.5 Å². The number of para-hydroxylation sites is 1. The molecule has 0 aliphatic rings. The number of carbonyl (C=O) groups is 1. The van der Waals surface area contributed by atoms with E-state index in [1.54, 1.807) is 24.9 Å². The maximum Gasteiger partial charge on any atom is 0.328 e. The van der Waals surface area contributed by atoms with Crippen molar-refractivity contribution in [2.75, 3.05) is 7.11 Å². The molecule has 0 spiro atoms. The Kier molecular flexibility index (Phi) is 4.85. The fourth-order valence-electron chi connectivity index (χ4n) is 1.64. The first-order chi connectivity index (χ1) is 9.69. The largest absolute Gasteiger partial charge is 0.496 e. The van der Waals surface area contributed by atoms with Crippen LogP contribution in [-0.2, 0) is 4.79 Å². The van der Waals surface area contributed by atoms with Crippen molar-refractivity contribution in [2.24, 2.45) is 0 Å². The van der Waals surface area contributed by atoms with Crippen molar-refractivity contribution in [1.29, 1.82) is 0 Å². The third-order valence-corrected chi connectivity index (χ3v) is 3.66. The molecule has 0 unspecified atom stereocenters. The number of methoxy groups -OCH3 is 1. The van der Waals surface area contributed by atoms with Gasteiger partial charge in [0.1, 0.15) is 5.75 Å². The van der Waals surface area contributed by atoms with E-state index in [0.717, 1.165) is 27.2 Å². The maximum absolute atomic E-state index is 10.4. The van der Waals surface area contributed by atoms with Gasteiger partial charge in [0, 0.05) is 11.0 Å². The number of ether oxygens (including phenoxy) is 1. The van der Waals surface area contributed by atoms with Crippen LogP contribution in [-0.4, -0.2) is 18.2 Å². The molecule has 0 atom stereocenters. The average Bonchev–Trinajstić information content (AvgIpc) is 2.47. The summed E-state index contributed by atoms with van der Waals surface area (Å²) in [5.74, 6) is -0.107. The standard InChI is InChI=1S/C16H14O3S/c1-19-14-4-2-3-5-15(14)20-13-9-6-12(7-10-13)8-11-16(17)18/h2-11H,1H3,(H,17,18)/b11-8+. The van der Waals surface area contributed by atoms with Crippen molar-refractivity contribution in [3.63, 3.8) is 0 Å². The zero-order valence-electron chi connectivity index (χ0n) is 10.9. The van der Waals surface area contributed by atoms with Crippen LogP contribution in [0.15, 0.2) is 64.4 Å². The second kappa shape index (κ2) is 6.82. The number of benzene rings is 2. The van der Waals surface area contributed by atoms with Crippen molar-refractivity contribution >= 4 is 23.8 Å². The Bertz CT molecular complexity index is 618. The van der Waals surface area contributed by atoms with Gasteiger partial charge in [0.05, 0.1) is 12.0 Å². The van der Waals surface area contributed by atoms with E-state index in [2.05, 4.69) is 0 Å². The molecule has 0 aliphatic heterocycles. The van der Waals surface area contributed by atoms with E-state index in [1.165, 1.54) is 0 Å². The van der Waals surface area contributed by atoms with E-state index < -0.39 is 5.97 Å². The summed E-state index contributed by atoms with van der Waals surface area (Å²) in [5.41, 5.74) is 0.858. The lowest BCUT2D eigenvalue weighted by atomic mass is 10.2. The van der Waals surface area contributed by atoms with Crippen molar-refractivity contribution in [3.05, 3.63) is 60.2 Å². The minimum atomic E-state index is -0.947. The monoisotopic (exact) mass is 286 g/mol. The van der Waals surface area contributed by atoms with Gasteiger partial charge in [-0.3, -0.25) is 0 Å². The van der Waals surface area contributed by atoms with Gasteiger partial charge in [-0.25, -0.2) is 4.79 Å². The Labute approximate surface area is 121 Å². The summed E-state index contributed by atoms with van der Waals surface area (Å²) >= 11 is 1.61. The van der Waals surface area contributed by atoms with E-state index in [0.29, 0.717) is 0 Å². The minimum Gasteiger partial charge on any atom is -0.496 e. The van der Waals surface area contributed by atoms with E-state index in [9.17, 15) is 4.79 Å². The van der Waals surface area contributed by atoms with Crippen LogP contribution in [0, 0.1) is 0 Å². The molecule has 0 bridgehead atoms. The molecule has 20 heavy (non-hydrogen) atoms. The van der Waals surface area contributed by atoms with Gasteiger partial charge >= 0.3 is 5.97 Å². The predicted molar refractivity (Wildman–Crippen MR) is 80.2 cm³/mol. The predicted octanol–water partition coefficient (Wildman–Crippen LogP) is 3.94. The Morgan fingerprint density at radius 1 is 1.15 bits per heavy atom. The third kappa shape index (κ3) is 3.90. The van der Waals surface area contributed by atoms with Gasteiger partial charge < -0.3 is 9.84 Å². The van der Waals surface area contributed by atoms with Gasteiger partial charge in [-0.15, -0.1) is 0 Å². The summed E-state index contributed by atoms with van der Waals surface area (Å²) < 4.78 is 5.31. The van der Waals surface area contributed by atoms with E-state index in [4.69, 9.17) is 9.84 Å². The molecule has 2 aromatic carbocycles. The molecule has 0 saturated heterocycles. The molecule has 0 aliphatic carbocycles. The summed E-state index contributed by atoms with van der Waals surface area (Å²) in [6.45, 7) is 0. The van der Waals surface area contributed by atoms with Gasteiger partial charge in [0.25, 0.3) is 0 Å². The van der Waals surface area contributed by atoms with Gasteiger partial charge in [-0.05, 0) is 35.9 Å². The normalized spacial score (nSPS) is 10.7. The molecular formula is C16H14O3S. The Morgan fingerprint density at radius 2 is 1.85 bits per heavy atom. The number of carboxylic acid groups (broad SMARTS) is 1. The minimum absolute atomic E-state index is 0.840. The average molecular weight is 286 g/mol. The SMILES string of the molecule is COc1ccccc1Sc1ccc(/C=C/C(=O)O)cc1. The lowest BCUT2D eigenvalue weighted by Crippen LogP contribution is -1.86. The second-order valence-electron chi connectivity index (χ2n) is 3.99. The quantitative estimate of drug-likeness (QED) is 0.846. The molecule has 0 radical (unpaired) electrons. The van der Waals surface area contributed by atoms with Crippen LogP contribution in [0.3, 0.4) is 0 Å². The van der Waals surface area contributed by atoms with Crippen LogP contribution < -0.4 is 4.74 Å². The first kappa shape index (κ1) is 14.2. The molecule has 102 valence electrons. The van der Waals surface area contributed by atoms with Gasteiger partial charge in [0.15, 0.2) is 0 Å². The summed E-state index contributed by atoms with van der Waals surface area (Å²) in [4.78, 5) is 12.6. The van der Waals surface area contributed by atoms with Crippen molar-refractivity contribution in [3.8, 4) is 5.75 Å². The van der Waals surface area contributed by atoms with Crippen LogP contribution in [0.4, 0.5) is 0 Å². The van der Waals surface area contributed by atoms with Gasteiger partial charge in [-0.2, -0.15) is 0 Å². The molecule has 0 heterocycles. The molecule has 0 saturated carbocycles. The third-order valence-electron chi connectivity index (χ3n) is 2.60. The Balaban J connectivity index is 2.13. The first-order valence-electron chi connectivity index (χ1n) is 6.01. The molecule has 4 heteroatoms. The lowest BCUT2D eigenvalue weighted by Gasteiger charge is -2.07. The first-order valence-corrected chi connectivity index (χ1v) is 6.82. The summed E-state index contributed by atoms with van der Waals surface area (Å²) in [6, 6.07) is 15.5. The van der Waals surface area contributed by atoms with Gasteiger partial charge in [-0.1, -0.05) is 36.0 Å². The molecule has 0 amide bonds. The summed E-state index contributed by atoms with van der Waals surface area (Å²) in [7, 11) is 1.65. The van der Waals surface area contributed by atoms with Gasteiger partial charge in [0.2, 0.25) is 0 Å². The second-order valence-corrected chi connectivity index (χ2v) is 5.11. The van der Waals surface area contributed by atoms with Crippen LogP contribution in [0.2, 0.25) is 0 Å². The zero-order chi connectivity index (χ0) is 14.4. The Hall–Kier alpha value is -2.20. The zero-order valence-corrected chi connectivity index (χ0v) is 11.8. The highest BCUT2D eigenvalue weighted by Crippen LogP contribution is 2.34. The smallest absolute Gasteiger partial charge is 0.328 e. The summed E-state index contributed by atoms with van der Waals surface area (Å²) in [5, 5.41) is 8.58. The molecule has 2 aromatic rings. The number of carboxylic acids is 1. The lowest BCUT2D eigenvalue weighted by molar-refractivity contribution is -0.131. The van der Waals surface area contributed by atoms with Crippen molar-refractivity contribution in [2.45, 2.75) is 9.79 Å². The molecule has 2 rings (SSSR count). The number of aliphatic carboxylic acids is 1. The molecular weight excluding hydrogens is 272 g/mol. The fourth-order valence-corrected chi connectivity index (χ4v) is 2.57. The van der Waals surface area contributed by atoms with E-state index >= 15 is 0 Å². The van der Waals surface area contributed by atoms with Crippen LogP contribution in [0.5, 0.6) is 5.75 Å². The number of hydrogen-bond acceptors (Lipinski definition) is 3. The fraction of sp³-hybridized carbons (Fsp3) is 0.0625. The van der Waals surface area contributed by atoms with Crippen LogP contribution in [0.25, 0.3) is 6.08 Å². The molecule has 0 fully saturated rings. The van der Waals surface area contributed by atoms with Crippen LogP contribution in [0.1, 0.15) is 5.56 Å². The van der Waals surface area contributed by atoms with E-state index in [-0.39, 0.29) is 0 Å². The highest BCUT2D eigenvalue weighted by atomic mass is 32.2. The molecule has 0 aromatic heterocycles. The highest BCUT2D eigenvalue weighted by molar-refractivity contribution is 7.99. The van der Waals surface area contributed by atoms with Crippen LogP contribution >= 0.6 is 11.8 Å². The topological polar surface area (TPSA) is 46.5 Å². The Morgan fingerprint density at radius 3 is 2.50 bits per heavy atom. The van der Waals surface area contributed by atoms with Crippen molar-refractivity contribution < 1.29 is 14.6 Å². The summed E-state index contributed by atoms with van der Waals surface area (Å²) in [6.07, 6.45) is 2.70. The number of rotatable bonds is 5. The maximum atomic E-state index is 10.4. The van der Waals surface area contributed by atoms with Crippen molar-refractivity contribution in [1.82, 2.24) is 0 Å². The molecule has 1 N–H and O–H groups in total. The number of hydrogen-bond donors (Lipinski definition) is 1. The molecule has 3 nitrogen and oxygen atoms in total. The highest BCUT2D eigenvalue weighted by Gasteiger charge is 2.03.